The zero-order valence-corrected chi connectivity index (χ0v) is 27.2. The van der Waals surface area contributed by atoms with Crippen molar-refractivity contribution in [3.8, 4) is 11.5 Å². The first-order valence-corrected chi connectivity index (χ1v) is 17.2. The highest BCUT2D eigenvalue weighted by molar-refractivity contribution is 5.96. The number of amides is 1. The van der Waals surface area contributed by atoms with Gasteiger partial charge in [0.2, 0.25) is 0 Å². The predicted octanol–water partition coefficient (Wildman–Crippen LogP) is 10.3. The Morgan fingerprint density at radius 2 is 1.27 bits per heavy atom. The molecule has 1 rings (SSSR count). The summed E-state index contributed by atoms with van der Waals surface area (Å²) >= 11 is 0. The van der Waals surface area contributed by atoms with E-state index in [1.807, 2.05) is 4.90 Å². The van der Waals surface area contributed by atoms with Crippen LogP contribution in [0.2, 0.25) is 0 Å². The third kappa shape index (κ3) is 18.2. The summed E-state index contributed by atoms with van der Waals surface area (Å²) in [5, 5.41) is 10.1. The van der Waals surface area contributed by atoms with Crippen molar-refractivity contribution in [3.05, 3.63) is 23.8 Å². The fourth-order valence-corrected chi connectivity index (χ4v) is 5.53. The topological polar surface area (TPSA) is 66.8 Å². The Hall–Kier alpha value is -2.04. The maximum atomic E-state index is 13.2. The molecule has 0 spiro atoms. The van der Waals surface area contributed by atoms with Gasteiger partial charge >= 0.3 is 0 Å². The fraction of sp³-hybridized carbons (Fsp3) is 0.778. The maximum absolute atomic E-state index is 13.2. The van der Waals surface area contributed by atoms with Crippen LogP contribution in [0.1, 0.15) is 166 Å². The van der Waals surface area contributed by atoms with Gasteiger partial charge in [-0.3, -0.25) is 9.59 Å². The molecule has 0 aliphatic carbocycles. The number of Topliss-reactive ketones (excluding diaryl/α,β-unsaturated/α-hetero) is 1. The van der Waals surface area contributed by atoms with Gasteiger partial charge in [0.1, 0.15) is 11.5 Å². The maximum Gasteiger partial charge on any atom is 0.260 e. The highest BCUT2D eigenvalue weighted by Gasteiger charge is 2.19. The van der Waals surface area contributed by atoms with Gasteiger partial charge in [0.15, 0.2) is 12.4 Å². The van der Waals surface area contributed by atoms with Crippen LogP contribution in [0.15, 0.2) is 18.2 Å². The number of carbonyl (C=O) groups excluding carboxylic acids is 2. The van der Waals surface area contributed by atoms with Gasteiger partial charge in [0, 0.05) is 19.2 Å². The van der Waals surface area contributed by atoms with Crippen molar-refractivity contribution < 1.29 is 19.4 Å². The Morgan fingerprint density at radius 1 is 0.756 bits per heavy atom. The van der Waals surface area contributed by atoms with Gasteiger partial charge in [-0.1, -0.05) is 136 Å². The van der Waals surface area contributed by atoms with E-state index in [1.165, 1.54) is 116 Å². The number of phenols is 1. The molecular weight excluding hydrogens is 510 g/mol. The molecule has 0 aliphatic rings. The first-order valence-electron chi connectivity index (χ1n) is 17.2. The lowest BCUT2D eigenvalue weighted by Gasteiger charge is -2.27. The van der Waals surface area contributed by atoms with Gasteiger partial charge in [-0.15, -0.1) is 0 Å². The fourth-order valence-electron chi connectivity index (χ4n) is 5.53. The molecule has 0 saturated carbocycles. The molecule has 1 aromatic rings. The number of rotatable bonds is 27. The quantitative estimate of drug-likeness (QED) is 0.0840. The van der Waals surface area contributed by atoms with Crippen molar-refractivity contribution in [3.63, 3.8) is 0 Å². The van der Waals surface area contributed by atoms with E-state index < -0.39 is 0 Å². The van der Waals surface area contributed by atoms with Crippen LogP contribution in [0.5, 0.6) is 11.5 Å². The summed E-state index contributed by atoms with van der Waals surface area (Å²) in [5.41, 5.74) is 0.260. The molecule has 0 heterocycles. The molecule has 0 bridgehead atoms. The minimum Gasteiger partial charge on any atom is -0.507 e. The molecular formula is C36H63NO4. The summed E-state index contributed by atoms with van der Waals surface area (Å²) in [5.74, 6) is 0.599. The molecule has 0 radical (unpaired) electrons. The molecule has 0 saturated heterocycles. The van der Waals surface area contributed by atoms with E-state index in [4.69, 9.17) is 4.74 Å². The second kappa shape index (κ2) is 24.5. The third-order valence-corrected chi connectivity index (χ3v) is 8.37. The number of ketones is 1. The van der Waals surface area contributed by atoms with Crippen LogP contribution in [-0.2, 0) is 4.79 Å². The molecule has 1 N–H and O–H groups in total. The smallest absolute Gasteiger partial charge is 0.260 e. The predicted molar refractivity (Wildman–Crippen MR) is 173 cm³/mol. The molecule has 5 heteroatoms. The molecule has 5 nitrogen and oxygen atoms in total. The molecule has 236 valence electrons. The number of carbonyl (C=O) groups is 2. The van der Waals surface area contributed by atoms with Gasteiger partial charge in [-0.25, -0.2) is 0 Å². The number of aromatic hydroxyl groups is 1. The van der Waals surface area contributed by atoms with Crippen LogP contribution >= 0.6 is 0 Å². The molecule has 0 fully saturated rings. The van der Waals surface area contributed by atoms with Gasteiger partial charge in [0.25, 0.3) is 5.91 Å². The minimum absolute atomic E-state index is 0.00366. The molecule has 1 atom stereocenters. The Morgan fingerprint density at radius 3 is 1.73 bits per heavy atom. The average molecular weight is 574 g/mol. The summed E-state index contributed by atoms with van der Waals surface area (Å²) in [6, 6.07) is 4.60. The molecule has 1 amide bonds. The lowest BCUT2D eigenvalue weighted by atomic mass is 9.98. The number of benzene rings is 1. The lowest BCUT2D eigenvalue weighted by molar-refractivity contribution is -0.134. The van der Waals surface area contributed by atoms with Crippen molar-refractivity contribution >= 4 is 11.7 Å². The first kappa shape index (κ1) is 37.0. The van der Waals surface area contributed by atoms with Crippen molar-refractivity contribution in [2.75, 3.05) is 19.7 Å². The van der Waals surface area contributed by atoms with Crippen LogP contribution in [0.25, 0.3) is 0 Å². The van der Waals surface area contributed by atoms with Gasteiger partial charge in [0.05, 0.1) is 5.56 Å². The first-order chi connectivity index (χ1) is 19.9. The van der Waals surface area contributed by atoms with Crippen LogP contribution in [0.3, 0.4) is 0 Å². The standard InChI is InChI=1S/C36H63NO4/c1-5-8-10-11-12-13-14-15-16-17-18-19-20-21-22-23-27-37(29-32(7-3)24-9-6-2)36(40)30-41-33-25-26-34(31(4)38)35(39)28-33/h25-26,28,32,39H,5-24,27,29-30H2,1-4H3. The van der Waals surface area contributed by atoms with E-state index in [9.17, 15) is 14.7 Å². The van der Waals surface area contributed by atoms with Gasteiger partial charge < -0.3 is 14.7 Å². The summed E-state index contributed by atoms with van der Waals surface area (Å²) in [7, 11) is 0. The van der Waals surface area contributed by atoms with Crippen LogP contribution in [-0.4, -0.2) is 41.4 Å². The van der Waals surface area contributed by atoms with E-state index >= 15 is 0 Å². The van der Waals surface area contributed by atoms with E-state index in [-0.39, 0.29) is 29.6 Å². The third-order valence-electron chi connectivity index (χ3n) is 8.37. The summed E-state index contributed by atoms with van der Waals surface area (Å²) < 4.78 is 5.73. The van der Waals surface area contributed by atoms with Crippen molar-refractivity contribution in [1.29, 1.82) is 0 Å². The van der Waals surface area contributed by atoms with E-state index in [2.05, 4.69) is 20.8 Å². The number of nitrogens with zero attached hydrogens (tertiary/aromatic N) is 1. The van der Waals surface area contributed by atoms with Crippen molar-refractivity contribution in [1.82, 2.24) is 4.90 Å². The Kier molecular flexibility index (Phi) is 22.1. The van der Waals surface area contributed by atoms with Gasteiger partial charge in [-0.2, -0.15) is 0 Å². The number of hydrogen-bond donors (Lipinski definition) is 1. The van der Waals surface area contributed by atoms with Crippen LogP contribution in [0.4, 0.5) is 0 Å². The molecule has 41 heavy (non-hydrogen) atoms. The van der Waals surface area contributed by atoms with Crippen LogP contribution in [0, 0.1) is 5.92 Å². The van der Waals surface area contributed by atoms with Crippen LogP contribution < -0.4 is 4.74 Å². The summed E-state index contributed by atoms with van der Waals surface area (Å²) in [6.45, 7) is 9.63. The molecule has 1 aromatic carbocycles. The minimum atomic E-state index is -0.201. The van der Waals surface area contributed by atoms with E-state index in [0.717, 1.165) is 38.8 Å². The zero-order chi connectivity index (χ0) is 30.1. The second-order valence-corrected chi connectivity index (χ2v) is 12.1. The molecule has 1 unspecified atom stereocenters. The second-order valence-electron chi connectivity index (χ2n) is 12.1. The number of unbranched alkanes of at least 4 members (excludes halogenated alkanes) is 16. The Labute approximate surface area is 252 Å². The zero-order valence-electron chi connectivity index (χ0n) is 27.2. The van der Waals surface area contributed by atoms with Gasteiger partial charge in [-0.05, 0) is 37.8 Å². The molecule has 0 aliphatic heterocycles. The normalized spacial score (nSPS) is 11.9. The SMILES string of the molecule is CCCCCCCCCCCCCCCCCCN(CC(CC)CCCC)C(=O)COc1ccc(C(C)=O)c(O)c1. The number of hydrogen-bond acceptors (Lipinski definition) is 4. The van der Waals surface area contributed by atoms with Crippen molar-refractivity contribution in [2.45, 2.75) is 156 Å². The highest BCUT2D eigenvalue weighted by atomic mass is 16.5. The summed E-state index contributed by atoms with van der Waals surface area (Å²) in [4.78, 5) is 26.7. The number of ether oxygens (including phenoxy) is 1. The van der Waals surface area contributed by atoms with E-state index in [1.54, 1.807) is 12.1 Å². The Bertz CT molecular complexity index is 809. The highest BCUT2D eigenvalue weighted by Crippen LogP contribution is 2.24. The lowest BCUT2D eigenvalue weighted by Crippen LogP contribution is -2.39. The average Bonchev–Trinajstić information content (AvgIpc) is 2.96. The Balaban J connectivity index is 2.33. The number of phenolic OH excluding ortho intramolecular Hbond substituents is 1. The van der Waals surface area contributed by atoms with Crippen molar-refractivity contribution in [2.24, 2.45) is 5.92 Å². The summed E-state index contributed by atoms with van der Waals surface area (Å²) in [6.07, 6.45) is 26.0. The monoisotopic (exact) mass is 573 g/mol. The van der Waals surface area contributed by atoms with E-state index in [0.29, 0.717) is 11.7 Å². The largest absolute Gasteiger partial charge is 0.507 e. The molecule has 0 aromatic heterocycles.